The number of carbonyl (C=O) groups is 1. The van der Waals surface area contributed by atoms with Crippen LogP contribution >= 0.6 is 0 Å². The summed E-state index contributed by atoms with van der Waals surface area (Å²) < 4.78 is 4.15. The molecule has 2 fully saturated rings. The van der Waals surface area contributed by atoms with Crippen LogP contribution in [-0.2, 0) is 18.4 Å². The smallest absolute Gasteiger partial charge is 0.225 e. The molecule has 8 nitrogen and oxygen atoms in total. The monoisotopic (exact) mass is 539 g/mol. The Morgan fingerprint density at radius 2 is 1.77 bits per heavy atom. The third kappa shape index (κ3) is 5.76. The molecule has 1 saturated carbocycles. The van der Waals surface area contributed by atoms with Crippen LogP contribution in [0.1, 0.15) is 70.3 Å². The van der Waals surface area contributed by atoms with E-state index in [0.29, 0.717) is 17.7 Å². The van der Waals surface area contributed by atoms with Crippen molar-refractivity contribution in [2.24, 2.45) is 18.9 Å². The van der Waals surface area contributed by atoms with Crippen molar-refractivity contribution in [3.05, 3.63) is 54.6 Å². The van der Waals surface area contributed by atoms with E-state index in [9.17, 15) is 4.79 Å². The van der Waals surface area contributed by atoms with Gasteiger partial charge in [0.25, 0.3) is 0 Å². The van der Waals surface area contributed by atoms with E-state index in [1.165, 1.54) is 24.8 Å². The molecule has 5 heterocycles. The minimum Gasteiger partial charge on any atom is -0.342 e. The van der Waals surface area contributed by atoms with Crippen molar-refractivity contribution in [3.63, 3.8) is 0 Å². The second-order valence-electron chi connectivity index (χ2n) is 12.1. The maximum absolute atomic E-state index is 12.9. The first-order valence-electron chi connectivity index (χ1n) is 14.9. The molecule has 0 spiro atoms. The summed E-state index contributed by atoms with van der Waals surface area (Å²) in [5.74, 6) is 3.51. The van der Waals surface area contributed by atoms with Crippen molar-refractivity contribution in [2.75, 3.05) is 18.4 Å². The summed E-state index contributed by atoms with van der Waals surface area (Å²) in [5, 5.41) is 8.13. The van der Waals surface area contributed by atoms with Crippen molar-refractivity contribution >= 4 is 28.6 Å². The number of rotatable bonds is 7. The molecule has 0 atom stereocenters. The average molecular weight is 540 g/mol. The molecule has 0 aromatic carbocycles. The third-order valence-electron chi connectivity index (χ3n) is 8.78. The molecule has 4 aromatic heterocycles. The van der Waals surface area contributed by atoms with Crippen molar-refractivity contribution < 1.29 is 4.79 Å². The molecule has 8 heteroatoms. The van der Waals surface area contributed by atoms with Gasteiger partial charge in [-0.1, -0.05) is 33.1 Å². The molecule has 6 rings (SSSR count). The lowest BCUT2D eigenvalue weighted by Gasteiger charge is -2.35. The standard InChI is InChI=1S/C32H41N7O/c1-22(2)26-16-31(37(3)20-26)36-30-10-9-28-29(35-30)15-25(17-33-28)27-18-34-39(21-27)19-23-11-13-38(14-12-23)32(40)24-7-5-4-6-8-24/h9-10,15-18,20-24H,4-8,11-14,19H2,1-3H3,(H,35,36). The van der Waals surface area contributed by atoms with E-state index >= 15 is 0 Å². The van der Waals surface area contributed by atoms with Crippen molar-refractivity contribution in [1.29, 1.82) is 0 Å². The van der Waals surface area contributed by atoms with E-state index in [0.717, 1.165) is 79.1 Å². The Kier molecular flexibility index (Phi) is 7.59. The highest BCUT2D eigenvalue weighted by atomic mass is 16.2. The number of nitrogens with one attached hydrogen (secondary N) is 1. The predicted molar refractivity (Wildman–Crippen MR) is 159 cm³/mol. The van der Waals surface area contributed by atoms with Gasteiger partial charge < -0.3 is 14.8 Å². The maximum atomic E-state index is 12.9. The molecule has 210 valence electrons. The molecule has 1 aliphatic heterocycles. The molecule has 0 radical (unpaired) electrons. The molecule has 2 aliphatic rings. The minimum absolute atomic E-state index is 0.270. The van der Waals surface area contributed by atoms with Gasteiger partial charge in [-0.25, -0.2) is 4.98 Å². The van der Waals surface area contributed by atoms with Crippen molar-refractivity contribution in [1.82, 2.24) is 29.2 Å². The highest BCUT2D eigenvalue weighted by Gasteiger charge is 2.29. The number of aryl methyl sites for hydroxylation is 1. The fourth-order valence-corrected chi connectivity index (χ4v) is 6.22. The summed E-state index contributed by atoms with van der Waals surface area (Å²) >= 11 is 0. The van der Waals surface area contributed by atoms with Crippen LogP contribution in [0.4, 0.5) is 11.6 Å². The first-order valence-corrected chi connectivity index (χ1v) is 14.9. The summed E-state index contributed by atoms with van der Waals surface area (Å²) in [6.45, 7) is 7.05. The van der Waals surface area contributed by atoms with Crippen LogP contribution in [0.5, 0.6) is 0 Å². The van der Waals surface area contributed by atoms with Crippen molar-refractivity contribution in [2.45, 2.75) is 71.3 Å². The average Bonchev–Trinajstić information content (AvgIpc) is 3.60. The Morgan fingerprint density at radius 3 is 2.52 bits per heavy atom. The highest BCUT2D eigenvalue weighted by molar-refractivity contribution is 5.82. The number of hydrogen-bond acceptors (Lipinski definition) is 5. The fourth-order valence-electron chi connectivity index (χ4n) is 6.22. The Labute approximate surface area is 236 Å². The molecule has 0 unspecified atom stereocenters. The van der Waals surface area contributed by atoms with Crippen LogP contribution in [0.15, 0.2) is 49.1 Å². The number of piperidine rings is 1. The predicted octanol–water partition coefficient (Wildman–Crippen LogP) is 6.52. The van der Waals surface area contributed by atoms with Gasteiger partial charge in [0, 0.05) is 62.3 Å². The topological polar surface area (TPSA) is 80.9 Å². The molecule has 1 aliphatic carbocycles. The summed E-state index contributed by atoms with van der Waals surface area (Å²) in [6, 6.07) is 8.26. The van der Waals surface area contributed by atoms with E-state index in [-0.39, 0.29) is 5.92 Å². The Morgan fingerprint density at radius 1 is 0.975 bits per heavy atom. The Balaban J connectivity index is 1.09. The maximum Gasteiger partial charge on any atom is 0.225 e. The van der Waals surface area contributed by atoms with Crippen LogP contribution in [0.25, 0.3) is 22.2 Å². The van der Waals surface area contributed by atoms with Gasteiger partial charge in [-0.05, 0) is 67.3 Å². The Bertz CT molecular complexity index is 1470. The zero-order valence-electron chi connectivity index (χ0n) is 24.0. The van der Waals surface area contributed by atoms with Gasteiger partial charge in [0.2, 0.25) is 5.91 Å². The van der Waals surface area contributed by atoms with Gasteiger partial charge in [-0.2, -0.15) is 5.10 Å². The van der Waals surface area contributed by atoms with E-state index in [1.807, 2.05) is 31.6 Å². The quantitative estimate of drug-likeness (QED) is 0.289. The highest BCUT2D eigenvalue weighted by Crippen LogP contribution is 2.29. The van der Waals surface area contributed by atoms with Crippen LogP contribution in [0.3, 0.4) is 0 Å². The van der Waals surface area contributed by atoms with Gasteiger partial charge in [0.15, 0.2) is 0 Å². The molecule has 1 amide bonds. The molecule has 4 aromatic rings. The molecule has 0 bridgehead atoms. The lowest BCUT2D eigenvalue weighted by atomic mass is 9.87. The number of hydrogen-bond donors (Lipinski definition) is 1. The third-order valence-corrected chi connectivity index (χ3v) is 8.78. The minimum atomic E-state index is 0.270. The number of likely N-dealkylation sites (tertiary alicyclic amines) is 1. The number of fused-ring (bicyclic) bond motifs is 1. The van der Waals surface area contributed by atoms with Gasteiger partial charge >= 0.3 is 0 Å². The summed E-state index contributed by atoms with van der Waals surface area (Å²) in [6.07, 6.45) is 16.1. The number of carbonyl (C=O) groups excluding carboxylic acids is 1. The molecular weight excluding hydrogens is 498 g/mol. The SMILES string of the molecule is CC(C)c1cc(Nc2ccc3ncc(-c4cnn(CC5CCN(C(=O)C6CCCCC6)CC5)c4)cc3n2)n(C)c1. The molecular formula is C32H41N7O. The molecule has 40 heavy (non-hydrogen) atoms. The van der Waals surface area contributed by atoms with Gasteiger partial charge in [0.1, 0.15) is 11.6 Å². The van der Waals surface area contributed by atoms with Gasteiger partial charge in [0.05, 0.1) is 17.2 Å². The van der Waals surface area contributed by atoms with Crippen molar-refractivity contribution in [3.8, 4) is 11.1 Å². The second kappa shape index (κ2) is 11.4. The number of nitrogens with zero attached hydrogens (tertiary/aromatic N) is 6. The van der Waals surface area contributed by atoms with Crippen LogP contribution < -0.4 is 5.32 Å². The van der Waals surface area contributed by atoms with E-state index in [2.05, 4.69) is 67.9 Å². The molecule has 1 N–H and O–H groups in total. The number of pyridine rings is 2. The summed E-state index contributed by atoms with van der Waals surface area (Å²) in [5.41, 5.74) is 5.07. The van der Waals surface area contributed by atoms with Gasteiger partial charge in [-0.15, -0.1) is 0 Å². The van der Waals surface area contributed by atoms with Crippen LogP contribution in [0, 0.1) is 11.8 Å². The Hall–Kier alpha value is -3.68. The number of amides is 1. The first-order chi connectivity index (χ1) is 19.4. The largest absolute Gasteiger partial charge is 0.342 e. The van der Waals surface area contributed by atoms with Crippen LogP contribution in [0.2, 0.25) is 0 Å². The zero-order valence-corrected chi connectivity index (χ0v) is 24.0. The summed E-state index contributed by atoms with van der Waals surface area (Å²) in [7, 11) is 2.05. The van der Waals surface area contributed by atoms with Gasteiger partial charge in [-0.3, -0.25) is 14.5 Å². The normalized spacial score (nSPS) is 17.1. The second-order valence-corrected chi connectivity index (χ2v) is 12.1. The van der Waals surface area contributed by atoms with E-state index < -0.39 is 0 Å². The van der Waals surface area contributed by atoms with Crippen LogP contribution in [-0.4, -0.2) is 48.2 Å². The summed E-state index contributed by atoms with van der Waals surface area (Å²) in [4.78, 5) is 24.6. The van der Waals surface area contributed by atoms with E-state index in [1.54, 1.807) is 0 Å². The zero-order chi connectivity index (χ0) is 27.6. The fraction of sp³-hybridized carbons (Fsp3) is 0.500. The molecule has 1 saturated heterocycles. The number of anilines is 2. The van der Waals surface area contributed by atoms with E-state index in [4.69, 9.17) is 4.98 Å². The first kappa shape index (κ1) is 26.5. The number of aromatic nitrogens is 5. The lowest BCUT2D eigenvalue weighted by molar-refractivity contribution is -0.138. The lowest BCUT2D eigenvalue weighted by Crippen LogP contribution is -2.42.